The molecule has 0 amide bonds. The zero-order valence-electron chi connectivity index (χ0n) is 23.5. The molecule has 0 fully saturated rings. The predicted octanol–water partition coefficient (Wildman–Crippen LogP) is 4.20. The van der Waals surface area contributed by atoms with Gasteiger partial charge in [0.1, 0.15) is 24.9 Å². The lowest BCUT2D eigenvalue weighted by atomic mass is 10.1. The van der Waals surface area contributed by atoms with Gasteiger partial charge in [0.05, 0.1) is 19.0 Å². The van der Waals surface area contributed by atoms with E-state index in [4.69, 9.17) is 9.84 Å². The average Bonchev–Trinajstić information content (AvgIpc) is 3.69. The van der Waals surface area contributed by atoms with Gasteiger partial charge in [-0.3, -0.25) is 0 Å². The Balaban J connectivity index is 0.000000224. The highest BCUT2D eigenvalue weighted by Crippen LogP contribution is 2.16. The van der Waals surface area contributed by atoms with Crippen LogP contribution in [0.4, 0.5) is 17.5 Å². The standard InChI is InChI=1S/C12H12N2O2.C9H14N2O4.C6H8N2O3/c1-10-4-6-11(7-5-10)9-13-8-2-3-12(13)14(15)16;1-2-15-7-8(12)6-10-5-3-4-9(10)11(13)14;1-5-2-3-6(8(10)11)7(5)4-9/h2-8H,9H2,1H3;3-5,8,12H,2,6-7H2,1H3;2-3,9H,4H2,1H3. The molecule has 1 aromatic carbocycles. The lowest BCUT2D eigenvalue weighted by Crippen LogP contribution is -2.22. The van der Waals surface area contributed by atoms with Gasteiger partial charge in [-0.15, -0.1) is 0 Å². The summed E-state index contributed by atoms with van der Waals surface area (Å²) in [6, 6.07) is 17.1. The molecular weight excluding hydrogens is 552 g/mol. The van der Waals surface area contributed by atoms with Crippen molar-refractivity contribution in [2.24, 2.45) is 0 Å². The molecule has 0 bridgehead atoms. The van der Waals surface area contributed by atoms with Gasteiger partial charge in [-0.05, 0) is 59.3 Å². The Morgan fingerprint density at radius 3 is 1.86 bits per heavy atom. The number of aliphatic hydroxyl groups is 2. The summed E-state index contributed by atoms with van der Waals surface area (Å²) in [7, 11) is 0. The van der Waals surface area contributed by atoms with Gasteiger partial charge in [0.25, 0.3) is 0 Å². The van der Waals surface area contributed by atoms with E-state index in [2.05, 4.69) is 0 Å². The second-order valence-electron chi connectivity index (χ2n) is 8.99. The van der Waals surface area contributed by atoms with Gasteiger partial charge in [-0.2, -0.15) is 0 Å². The number of nitro groups is 3. The van der Waals surface area contributed by atoms with Crippen LogP contribution in [-0.4, -0.2) is 58.0 Å². The van der Waals surface area contributed by atoms with Crippen molar-refractivity contribution in [1.82, 2.24) is 13.7 Å². The van der Waals surface area contributed by atoms with Crippen molar-refractivity contribution in [3.8, 4) is 0 Å². The van der Waals surface area contributed by atoms with Crippen LogP contribution in [0.5, 0.6) is 0 Å². The van der Waals surface area contributed by atoms with Crippen molar-refractivity contribution in [1.29, 1.82) is 0 Å². The van der Waals surface area contributed by atoms with E-state index in [-0.39, 0.29) is 42.3 Å². The Hall–Kier alpha value is -4.86. The van der Waals surface area contributed by atoms with Crippen molar-refractivity contribution >= 4 is 17.5 Å². The molecule has 3 aromatic heterocycles. The van der Waals surface area contributed by atoms with Crippen LogP contribution in [0.25, 0.3) is 0 Å². The maximum absolute atomic E-state index is 10.7. The highest BCUT2D eigenvalue weighted by atomic mass is 16.6. The molecule has 0 spiro atoms. The van der Waals surface area contributed by atoms with E-state index in [0.717, 1.165) is 5.56 Å². The molecule has 226 valence electrons. The molecule has 42 heavy (non-hydrogen) atoms. The number of aliphatic hydroxyl groups excluding tert-OH is 2. The minimum Gasteiger partial charge on any atom is -0.387 e. The Bertz CT molecular complexity index is 1440. The van der Waals surface area contributed by atoms with Crippen molar-refractivity contribution < 1.29 is 29.7 Å². The smallest absolute Gasteiger partial charge is 0.325 e. The van der Waals surface area contributed by atoms with Gasteiger partial charge < -0.3 is 45.3 Å². The topological polar surface area (TPSA) is 194 Å². The van der Waals surface area contributed by atoms with Crippen LogP contribution in [0.2, 0.25) is 0 Å². The maximum Gasteiger partial charge on any atom is 0.325 e. The maximum atomic E-state index is 10.7. The average molecular weight is 587 g/mol. The van der Waals surface area contributed by atoms with Crippen molar-refractivity contribution in [2.45, 2.75) is 46.7 Å². The van der Waals surface area contributed by atoms with Gasteiger partial charge in [-0.25, -0.2) is 13.7 Å². The molecule has 15 nitrogen and oxygen atoms in total. The van der Waals surface area contributed by atoms with Crippen molar-refractivity contribution in [2.75, 3.05) is 13.2 Å². The summed E-state index contributed by atoms with van der Waals surface area (Å²) in [4.78, 5) is 30.2. The van der Waals surface area contributed by atoms with Gasteiger partial charge >= 0.3 is 17.5 Å². The quantitative estimate of drug-likeness (QED) is 0.191. The summed E-state index contributed by atoms with van der Waals surface area (Å²) in [6.45, 7) is 6.59. The third kappa shape index (κ3) is 9.96. The molecule has 2 N–H and O–H groups in total. The van der Waals surface area contributed by atoms with Crippen LogP contribution in [0.3, 0.4) is 0 Å². The van der Waals surface area contributed by atoms with E-state index < -0.39 is 16.0 Å². The van der Waals surface area contributed by atoms with Crippen LogP contribution in [-0.2, 0) is 24.6 Å². The third-order valence-electron chi connectivity index (χ3n) is 5.88. The number of nitrogens with zero attached hydrogens (tertiary/aromatic N) is 6. The molecule has 0 radical (unpaired) electrons. The van der Waals surface area contributed by atoms with Crippen LogP contribution >= 0.6 is 0 Å². The molecule has 0 aliphatic rings. The highest BCUT2D eigenvalue weighted by Gasteiger charge is 2.16. The Kier molecular flexibility index (Phi) is 13.0. The first-order valence-electron chi connectivity index (χ1n) is 12.8. The van der Waals surface area contributed by atoms with E-state index in [1.54, 1.807) is 42.1 Å². The number of hydrogen-bond donors (Lipinski definition) is 2. The summed E-state index contributed by atoms with van der Waals surface area (Å²) in [5, 5.41) is 49.7. The zero-order chi connectivity index (χ0) is 31.2. The van der Waals surface area contributed by atoms with E-state index in [1.807, 2.05) is 38.1 Å². The number of benzene rings is 1. The number of aromatic nitrogens is 3. The summed E-state index contributed by atoms with van der Waals surface area (Å²) < 4.78 is 9.26. The minimum absolute atomic E-state index is 0.0226. The summed E-state index contributed by atoms with van der Waals surface area (Å²) in [5.41, 5.74) is 2.93. The SMILES string of the molecule is CCOCC(O)Cn1cccc1[N+](=O)[O-].Cc1ccc(Cn2cccc2[N+](=O)[O-])cc1.Cc1ccc([N+](=O)[O-])n1CO. The third-order valence-corrected chi connectivity index (χ3v) is 5.88. The van der Waals surface area contributed by atoms with E-state index in [0.29, 0.717) is 18.8 Å². The van der Waals surface area contributed by atoms with E-state index >= 15 is 0 Å². The number of ether oxygens (including phenoxy) is 1. The number of hydrogen-bond acceptors (Lipinski definition) is 9. The van der Waals surface area contributed by atoms with Crippen molar-refractivity contribution in [3.05, 3.63) is 120 Å². The Morgan fingerprint density at radius 1 is 0.810 bits per heavy atom. The normalized spacial score (nSPS) is 11.1. The fourth-order valence-corrected chi connectivity index (χ4v) is 3.75. The zero-order valence-corrected chi connectivity index (χ0v) is 23.5. The first kappa shape index (κ1) is 33.3. The lowest BCUT2D eigenvalue weighted by molar-refractivity contribution is -0.392. The monoisotopic (exact) mass is 586 g/mol. The van der Waals surface area contributed by atoms with Gasteiger partial charge in [-0.1, -0.05) is 29.8 Å². The fourth-order valence-electron chi connectivity index (χ4n) is 3.75. The minimum atomic E-state index is -0.726. The molecule has 1 unspecified atom stereocenters. The van der Waals surface area contributed by atoms with Crippen LogP contribution < -0.4 is 0 Å². The fraction of sp³-hybridized carbons (Fsp3) is 0.333. The molecule has 3 heterocycles. The molecule has 0 aliphatic carbocycles. The van der Waals surface area contributed by atoms with E-state index in [9.17, 15) is 35.4 Å². The van der Waals surface area contributed by atoms with Crippen LogP contribution in [0.1, 0.15) is 23.7 Å². The van der Waals surface area contributed by atoms with Crippen LogP contribution in [0, 0.1) is 44.2 Å². The van der Waals surface area contributed by atoms with Gasteiger partial charge in [0, 0.05) is 24.8 Å². The first-order valence-corrected chi connectivity index (χ1v) is 12.8. The van der Waals surface area contributed by atoms with Gasteiger partial charge in [0.15, 0.2) is 6.73 Å². The van der Waals surface area contributed by atoms with Crippen LogP contribution in [0.15, 0.2) is 73.1 Å². The van der Waals surface area contributed by atoms with Gasteiger partial charge in [0.2, 0.25) is 0 Å². The molecule has 15 heteroatoms. The van der Waals surface area contributed by atoms with E-state index in [1.165, 1.54) is 32.9 Å². The lowest BCUT2D eigenvalue weighted by Gasteiger charge is -2.09. The predicted molar refractivity (Wildman–Crippen MR) is 153 cm³/mol. The molecule has 0 saturated heterocycles. The highest BCUT2D eigenvalue weighted by molar-refractivity contribution is 5.27. The summed E-state index contributed by atoms with van der Waals surface area (Å²) >= 11 is 0. The summed E-state index contributed by atoms with van der Waals surface area (Å²) in [6.07, 6.45) is 2.56. The number of aryl methyl sites for hydroxylation is 2. The first-order chi connectivity index (χ1) is 20.0. The molecule has 0 saturated carbocycles. The summed E-state index contributed by atoms with van der Waals surface area (Å²) in [5.74, 6) is 0.0242. The molecule has 0 aliphatic heterocycles. The Morgan fingerprint density at radius 2 is 1.36 bits per heavy atom. The molecule has 4 rings (SSSR count). The molecule has 4 aromatic rings. The largest absolute Gasteiger partial charge is 0.387 e. The molecule has 1 atom stereocenters. The second-order valence-corrected chi connectivity index (χ2v) is 8.99. The number of rotatable bonds is 11. The Labute approximate surface area is 241 Å². The second kappa shape index (κ2) is 16.4. The van der Waals surface area contributed by atoms with Crippen molar-refractivity contribution in [3.63, 3.8) is 0 Å². The molecular formula is C27H34N6O9.